The van der Waals surface area contributed by atoms with E-state index in [0.717, 1.165) is 0 Å². The molecule has 0 aliphatic carbocycles. The molecule has 106 valence electrons. The third-order valence-corrected chi connectivity index (χ3v) is 2.81. The maximum absolute atomic E-state index is 11.1. The van der Waals surface area contributed by atoms with Crippen molar-refractivity contribution in [3.63, 3.8) is 0 Å². The third-order valence-electron chi connectivity index (χ3n) is 2.81. The first-order valence-electron chi connectivity index (χ1n) is 5.92. The van der Waals surface area contributed by atoms with E-state index in [9.17, 15) is 10.1 Å². The molecule has 2 aromatic rings. The predicted octanol–water partition coefficient (Wildman–Crippen LogP) is 2.97. The van der Waals surface area contributed by atoms with Crippen LogP contribution >= 0.6 is 0 Å². The van der Waals surface area contributed by atoms with Gasteiger partial charge in [0.2, 0.25) is 11.6 Å². The SMILES string of the molecule is COc1ccc(Oc2nccc(C)c2C#N)c([N+](=O)[O-])c1. The van der Waals surface area contributed by atoms with Crippen molar-refractivity contribution < 1.29 is 14.4 Å². The fourth-order valence-electron chi connectivity index (χ4n) is 1.70. The number of hydrogen-bond acceptors (Lipinski definition) is 6. The van der Waals surface area contributed by atoms with Gasteiger partial charge in [-0.25, -0.2) is 4.98 Å². The number of benzene rings is 1. The third kappa shape index (κ3) is 2.90. The summed E-state index contributed by atoms with van der Waals surface area (Å²) < 4.78 is 10.4. The molecule has 0 bridgehead atoms. The Morgan fingerprint density at radius 1 is 1.38 bits per heavy atom. The number of methoxy groups -OCH3 is 1. The molecule has 0 aliphatic rings. The van der Waals surface area contributed by atoms with Gasteiger partial charge >= 0.3 is 5.69 Å². The number of aryl methyl sites for hydroxylation is 1. The molecule has 0 saturated carbocycles. The second-order valence-electron chi connectivity index (χ2n) is 4.11. The minimum Gasteiger partial charge on any atom is -0.496 e. The van der Waals surface area contributed by atoms with Crippen molar-refractivity contribution in [2.45, 2.75) is 6.92 Å². The molecule has 0 saturated heterocycles. The molecule has 0 radical (unpaired) electrons. The van der Waals surface area contributed by atoms with Gasteiger partial charge < -0.3 is 9.47 Å². The van der Waals surface area contributed by atoms with Gasteiger partial charge in [-0.05, 0) is 30.7 Å². The summed E-state index contributed by atoms with van der Waals surface area (Å²) >= 11 is 0. The molecule has 0 N–H and O–H groups in total. The normalized spacial score (nSPS) is 9.76. The monoisotopic (exact) mass is 285 g/mol. The summed E-state index contributed by atoms with van der Waals surface area (Å²) in [6.07, 6.45) is 1.47. The number of nitro groups is 1. The summed E-state index contributed by atoms with van der Waals surface area (Å²) in [5, 5.41) is 20.2. The standard InChI is InChI=1S/C14H11N3O4/c1-9-5-6-16-14(11(9)8-15)21-13-4-3-10(20-2)7-12(13)17(18)19/h3-7H,1-2H3. The van der Waals surface area contributed by atoms with Crippen molar-refractivity contribution in [2.75, 3.05) is 7.11 Å². The van der Waals surface area contributed by atoms with Crippen molar-refractivity contribution in [3.05, 3.63) is 51.7 Å². The van der Waals surface area contributed by atoms with Gasteiger partial charge in [0.25, 0.3) is 0 Å². The Bertz CT molecular complexity index is 737. The molecule has 1 aromatic carbocycles. The second-order valence-corrected chi connectivity index (χ2v) is 4.11. The zero-order valence-corrected chi connectivity index (χ0v) is 11.4. The molecule has 0 atom stereocenters. The van der Waals surface area contributed by atoms with Crippen LogP contribution in [0, 0.1) is 28.4 Å². The van der Waals surface area contributed by atoms with Crippen LogP contribution in [0.3, 0.4) is 0 Å². The number of rotatable bonds is 4. The predicted molar refractivity (Wildman–Crippen MR) is 73.4 cm³/mol. The first-order valence-corrected chi connectivity index (χ1v) is 5.92. The van der Waals surface area contributed by atoms with Gasteiger partial charge in [0.1, 0.15) is 17.4 Å². The molecule has 2 rings (SSSR count). The number of hydrogen-bond donors (Lipinski definition) is 0. The minimum atomic E-state index is -0.584. The highest BCUT2D eigenvalue weighted by Gasteiger charge is 2.19. The van der Waals surface area contributed by atoms with E-state index < -0.39 is 4.92 Å². The summed E-state index contributed by atoms with van der Waals surface area (Å²) in [6, 6.07) is 7.82. The molecule has 0 aliphatic heterocycles. The molecule has 0 fully saturated rings. The number of aromatic nitrogens is 1. The second kappa shape index (κ2) is 5.88. The minimum absolute atomic E-state index is 0.00426. The van der Waals surface area contributed by atoms with Crippen LogP contribution in [0.5, 0.6) is 17.4 Å². The van der Waals surface area contributed by atoms with Crippen molar-refractivity contribution in [1.82, 2.24) is 4.98 Å². The highest BCUT2D eigenvalue weighted by Crippen LogP contribution is 2.35. The summed E-state index contributed by atoms with van der Waals surface area (Å²) in [5.41, 5.74) is 0.655. The van der Waals surface area contributed by atoms with E-state index in [4.69, 9.17) is 14.7 Å². The Morgan fingerprint density at radius 2 is 2.14 bits per heavy atom. The maximum atomic E-state index is 11.1. The molecule has 0 unspecified atom stereocenters. The lowest BCUT2D eigenvalue weighted by Crippen LogP contribution is -1.98. The van der Waals surface area contributed by atoms with Crippen LogP contribution in [0.15, 0.2) is 30.5 Å². The molecular formula is C14H11N3O4. The first-order chi connectivity index (χ1) is 10.1. The van der Waals surface area contributed by atoms with Gasteiger partial charge in [-0.1, -0.05) is 0 Å². The van der Waals surface area contributed by atoms with Crippen molar-refractivity contribution in [1.29, 1.82) is 5.26 Å². The smallest absolute Gasteiger partial charge is 0.315 e. The van der Waals surface area contributed by atoms with E-state index >= 15 is 0 Å². The summed E-state index contributed by atoms with van der Waals surface area (Å²) in [5.74, 6) is 0.368. The van der Waals surface area contributed by atoms with Crippen LogP contribution in [-0.4, -0.2) is 17.0 Å². The zero-order valence-electron chi connectivity index (χ0n) is 11.4. The van der Waals surface area contributed by atoms with Crippen LogP contribution < -0.4 is 9.47 Å². The average molecular weight is 285 g/mol. The van der Waals surface area contributed by atoms with Gasteiger partial charge in [-0.3, -0.25) is 10.1 Å². The van der Waals surface area contributed by atoms with E-state index in [-0.39, 0.29) is 22.9 Å². The highest BCUT2D eigenvalue weighted by atomic mass is 16.6. The van der Waals surface area contributed by atoms with Crippen LogP contribution in [-0.2, 0) is 0 Å². The number of pyridine rings is 1. The fraction of sp³-hybridized carbons (Fsp3) is 0.143. The Labute approximate surface area is 120 Å². The molecule has 1 heterocycles. The van der Waals surface area contributed by atoms with Gasteiger partial charge in [0.15, 0.2) is 0 Å². The molecular weight excluding hydrogens is 274 g/mol. The molecule has 0 spiro atoms. The van der Waals surface area contributed by atoms with Crippen LogP contribution in [0.25, 0.3) is 0 Å². The Kier molecular flexibility index (Phi) is 4.00. The molecule has 7 heteroatoms. The van der Waals surface area contributed by atoms with Gasteiger partial charge in [-0.2, -0.15) is 5.26 Å². The van der Waals surface area contributed by atoms with E-state index in [0.29, 0.717) is 11.3 Å². The lowest BCUT2D eigenvalue weighted by Gasteiger charge is -2.09. The quantitative estimate of drug-likeness (QED) is 0.632. The zero-order chi connectivity index (χ0) is 15.4. The van der Waals surface area contributed by atoms with Crippen molar-refractivity contribution >= 4 is 5.69 Å². The number of nitriles is 1. The number of nitrogens with zero attached hydrogens (tertiary/aromatic N) is 3. The van der Waals surface area contributed by atoms with Crippen molar-refractivity contribution in [3.8, 4) is 23.4 Å². The summed E-state index contributed by atoms with van der Waals surface area (Å²) in [6.45, 7) is 1.73. The fourth-order valence-corrected chi connectivity index (χ4v) is 1.70. The average Bonchev–Trinajstić information content (AvgIpc) is 2.47. The van der Waals surface area contributed by atoms with E-state index in [1.54, 1.807) is 13.0 Å². The lowest BCUT2D eigenvalue weighted by atomic mass is 10.2. The molecule has 7 nitrogen and oxygen atoms in total. The number of nitro benzene ring substituents is 1. The van der Waals surface area contributed by atoms with Crippen molar-refractivity contribution in [2.24, 2.45) is 0 Å². The summed E-state index contributed by atoms with van der Waals surface area (Å²) in [7, 11) is 1.41. The summed E-state index contributed by atoms with van der Waals surface area (Å²) in [4.78, 5) is 14.5. The Hall–Kier alpha value is -3.14. The largest absolute Gasteiger partial charge is 0.496 e. The Balaban J connectivity index is 2.48. The van der Waals surface area contributed by atoms with Gasteiger partial charge in [0, 0.05) is 6.20 Å². The molecule has 21 heavy (non-hydrogen) atoms. The molecule has 0 amide bonds. The van der Waals surface area contributed by atoms with Gasteiger partial charge in [0.05, 0.1) is 18.1 Å². The Morgan fingerprint density at radius 3 is 2.76 bits per heavy atom. The van der Waals surface area contributed by atoms with E-state index in [1.807, 2.05) is 6.07 Å². The molecule has 1 aromatic heterocycles. The highest BCUT2D eigenvalue weighted by molar-refractivity contribution is 5.54. The van der Waals surface area contributed by atoms with Crippen LogP contribution in [0.4, 0.5) is 5.69 Å². The first kappa shape index (κ1) is 14.3. The maximum Gasteiger partial charge on any atom is 0.315 e. The lowest BCUT2D eigenvalue weighted by molar-refractivity contribution is -0.385. The van der Waals surface area contributed by atoms with Crippen LogP contribution in [0.1, 0.15) is 11.1 Å². The van der Waals surface area contributed by atoms with E-state index in [1.165, 1.54) is 31.5 Å². The van der Waals surface area contributed by atoms with Crippen LogP contribution in [0.2, 0.25) is 0 Å². The number of ether oxygens (including phenoxy) is 2. The van der Waals surface area contributed by atoms with Gasteiger partial charge in [-0.15, -0.1) is 0 Å². The topological polar surface area (TPSA) is 98.3 Å². The van der Waals surface area contributed by atoms with E-state index in [2.05, 4.69) is 4.98 Å².